The Bertz CT molecular complexity index is 1020. The maximum absolute atomic E-state index is 13.8. The first-order valence-corrected chi connectivity index (χ1v) is 8.45. The summed E-state index contributed by atoms with van der Waals surface area (Å²) in [6.45, 7) is 3.86. The topological polar surface area (TPSA) is 116 Å². The van der Waals surface area contributed by atoms with Crippen molar-refractivity contribution in [2.75, 3.05) is 5.32 Å². The molecule has 0 bridgehead atoms. The Balaban J connectivity index is 1.69. The van der Waals surface area contributed by atoms with Crippen molar-refractivity contribution in [1.82, 2.24) is 20.2 Å². The molecule has 0 aliphatic rings. The standard InChI is InChI=1S/C18H17FN6O3/c1-11(2)12-3-5-13(6-4-12)18-21-23-24(22-18)10-17(26)20-16-9-14(25(27)28)7-8-15(16)19/h3-9,11H,10H2,1-2H3,(H,20,26). The number of aromatic nitrogens is 4. The number of carbonyl (C=O) groups excluding carboxylic acids is 1. The van der Waals surface area contributed by atoms with E-state index in [1.54, 1.807) is 0 Å². The van der Waals surface area contributed by atoms with Crippen LogP contribution >= 0.6 is 0 Å². The number of halogens is 1. The molecule has 10 heteroatoms. The Morgan fingerprint density at radius 3 is 2.61 bits per heavy atom. The zero-order chi connectivity index (χ0) is 20.3. The van der Waals surface area contributed by atoms with Gasteiger partial charge in [-0.3, -0.25) is 14.9 Å². The van der Waals surface area contributed by atoms with E-state index in [1.807, 2.05) is 24.3 Å². The fraction of sp³-hybridized carbons (Fsp3) is 0.222. The summed E-state index contributed by atoms with van der Waals surface area (Å²) in [5.41, 5.74) is 1.31. The lowest BCUT2D eigenvalue weighted by molar-refractivity contribution is -0.384. The van der Waals surface area contributed by atoms with Crippen molar-refractivity contribution >= 4 is 17.3 Å². The predicted octanol–water partition coefficient (Wildman–Crippen LogP) is 3.15. The number of amides is 1. The molecule has 0 radical (unpaired) electrons. The maximum Gasteiger partial charge on any atom is 0.271 e. The largest absolute Gasteiger partial charge is 0.322 e. The maximum atomic E-state index is 13.8. The first-order chi connectivity index (χ1) is 13.3. The Labute approximate surface area is 159 Å². The number of hydrogen-bond donors (Lipinski definition) is 1. The number of nitro groups is 1. The second-order valence-corrected chi connectivity index (χ2v) is 6.39. The summed E-state index contributed by atoms with van der Waals surface area (Å²) in [5.74, 6) is -0.671. The summed E-state index contributed by atoms with van der Waals surface area (Å²) < 4.78 is 13.8. The van der Waals surface area contributed by atoms with E-state index in [0.717, 1.165) is 28.6 Å². The first kappa shape index (κ1) is 19.1. The van der Waals surface area contributed by atoms with Crippen molar-refractivity contribution in [3.8, 4) is 11.4 Å². The van der Waals surface area contributed by atoms with Crippen molar-refractivity contribution < 1.29 is 14.1 Å². The zero-order valence-electron chi connectivity index (χ0n) is 15.2. The lowest BCUT2D eigenvalue weighted by atomic mass is 10.0. The van der Waals surface area contributed by atoms with E-state index < -0.39 is 16.6 Å². The minimum Gasteiger partial charge on any atom is -0.322 e. The molecule has 1 heterocycles. The van der Waals surface area contributed by atoms with Crippen LogP contribution in [0, 0.1) is 15.9 Å². The Morgan fingerprint density at radius 2 is 1.96 bits per heavy atom. The summed E-state index contributed by atoms with van der Waals surface area (Å²) in [5, 5.41) is 24.9. The van der Waals surface area contributed by atoms with Crippen LogP contribution in [-0.4, -0.2) is 31.0 Å². The van der Waals surface area contributed by atoms with E-state index in [4.69, 9.17) is 0 Å². The lowest BCUT2D eigenvalue weighted by Gasteiger charge is -2.05. The van der Waals surface area contributed by atoms with E-state index >= 15 is 0 Å². The summed E-state index contributed by atoms with van der Waals surface area (Å²) in [4.78, 5) is 23.3. The van der Waals surface area contributed by atoms with E-state index in [2.05, 4.69) is 34.6 Å². The molecule has 9 nitrogen and oxygen atoms in total. The number of benzene rings is 2. The summed E-state index contributed by atoms with van der Waals surface area (Å²) >= 11 is 0. The smallest absolute Gasteiger partial charge is 0.271 e. The van der Waals surface area contributed by atoms with Crippen molar-refractivity contribution in [2.24, 2.45) is 0 Å². The summed E-state index contributed by atoms with van der Waals surface area (Å²) in [7, 11) is 0. The molecule has 0 unspecified atom stereocenters. The Kier molecular flexibility index (Phi) is 5.39. The van der Waals surface area contributed by atoms with Crippen molar-refractivity contribution in [3.63, 3.8) is 0 Å². The van der Waals surface area contributed by atoms with Gasteiger partial charge in [-0.1, -0.05) is 38.1 Å². The number of nitro benzene ring substituents is 1. The molecule has 0 aliphatic heterocycles. The minimum atomic E-state index is -0.781. The van der Waals surface area contributed by atoms with Gasteiger partial charge in [-0.2, -0.15) is 4.80 Å². The van der Waals surface area contributed by atoms with Crippen LogP contribution < -0.4 is 5.32 Å². The molecule has 3 aromatic rings. The fourth-order valence-electron chi connectivity index (χ4n) is 2.48. The minimum absolute atomic E-state index is 0.288. The SMILES string of the molecule is CC(C)c1ccc(-c2nnn(CC(=O)Nc3cc([N+](=O)[O-])ccc3F)n2)cc1. The van der Waals surface area contributed by atoms with Gasteiger partial charge in [-0.05, 0) is 22.8 Å². The molecular formula is C18H17FN6O3. The normalized spacial score (nSPS) is 10.9. The average Bonchev–Trinajstić information content (AvgIpc) is 3.11. The van der Waals surface area contributed by atoms with Gasteiger partial charge in [-0.25, -0.2) is 4.39 Å². The van der Waals surface area contributed by atoms with Gasteiger partial charge in [0.1, 0.15) is 12.4 Å². The number of non-ortho nitro benzene ring substituents is 1. The molecule has 144 valence electrons. The van der Waals surface area contributed by atoms with Gasteiger partial charge in [0.2, 0.25) is 11.7 Å². The van der Waals surface area contributed by atoms with E-state index in [0.29, 0.717) is 11.7 Å². The third kappa shape index (κ3) is 4.34. The highest BCUT2D eigenvalue weighted by molar-refractivity contribution is 5.90. The Hall–Kier alpha value is -3.69. The van der Waals surface area contributed by atoms with Crippen LogP contribution in [0.25, 0.3) is 11.4 Å². The number of nitrogens with zero attached hydrogens (tertiary/aromatic N) is 5. The van der Waals surface area contributed by atoms with Crippen molar-refractivity contribution in [1.29, 1.82) is 0 Å². The molecular weight excluding hydrogens is 367 g/mol. The van der Waals surface area contributed by atoms with Crippen molar-refractivity contribution in [3.05, 3.63) is 64.0 Å². The highest BCUT2D eigenvalue weighted by Gasteiger charge is 2.15. The van der Waals surface area contributed by atoms with E-state index in [1.165, 1.54) is 5.56 Å². The second kappa shape index (κ2) is 7.91. The molecule has 0 fully saturated rings. The molecule has 1 aromatic heterocycles. The van der Waals surface area contributed by atoms with Gasteiger partial charge in [-0.15, -0.1) is 10.2 Å². The molecule has 1 N–H and O–H groups in total. The summed E-state index contributed by atoms with van der Waals surface area (Å²) in [6, 6.07) is 10.6. The average molecular weight is 384 g/mol. The second-order valence-electron chi connectivity index (χ2n) is 6.39. The quantitative estimate of drug-likeness (QED) is 0.515. The van der Waals surface area contributed by atoms with Crippen LogP contribution in [0.5, 0.6) is 0 Å². The monoisotopic (exact) mass is 384 g/mol. The van der Waals surface area contributed by atoms with Crippen LogP contribution in [0.1, 0.15) is 25.3 Å². The molecule has 0 saturated carbocycles. The number of carbonyl (C=O) groups is 1. The van der Waals surface area contributed by atoms with Gasteiger partial charge in [0.15, 0.2) is 0 Å². The predicted molar refractivity (Wildman–Crippen MR) is 99.0 cm³/mol. The molecule has 0 saturated heterocycles. The van der Waals surface area contributed by atoms with Crippen LogP contribution in [0.2, 0.25) is 0 Å². The highest BCUT2D eigenvalue weighted by Crippen LogP contribution is 2.21. The zero-order valence-corrected chi connectivity index (χ0v) is 15.2. The van der Waals surface area contributed by atoms with Gasteiger partial charge in [0.05, 0.1) is 10.6 Å². The highest BCUT2D eigenvalue weighted by atomic mass is 19.1. The van der Waals surface area contributed by atoms with Gasteiger partial charge >= 0.3 is 0 Å². The van der Waals surface area contributed by atoms with E-state index in [9.17, 15) is 19.3 Å². The number of hydrogen-bond acceptors (Lipinski definition) is 6. The Morgan fingerprint density at radius 1 is 1.25 bits per heavy atom. The van der Waals surface area contributed by atoms with Crippen molar-refractivity contribution in [2.45, 2.75) is 26.3 Å². The molecule has 0 atom stereocenters. The fourth-order valence-corrected chi connectivity index (χ4v) is 2.48. The van der Waals surface area contributed by atoms with E-state index in [-0.39, 0.29) is 17.9 Å². The third-order valence-corrected chi connectivity index (χ3v) is 4.01. The molecule has 0 aliphatic carbocycles. The van der Waals surface area contributed by atoms with Gasteiger partial charge < -0.3 is 5.32 Å². The third-order valence-electron chi connectivity index (χ3n) is 4.01. The van der Waals surface area contributed by atoms with Crippen LogP contribution in [0.4, 0.5) is 15.8 Å². The number of nitrogens with one attached hydrogen (secondary N) is 1. The molecule has 2 aromatic carbocycles. The van der Waals surface area contributed by atoms with Crippen LogP contribution in [-0.2, 0) is 11.3 Å². The summed E-state index contributed by atoms with van der Waals surface area (Å²) in [6.07, 6.45) is 0. The molecule has 28 heavy (non-hydrogen) atoms. The van der Waals surface area contributed by atoms with Gasteiger partial charge in [0, 0.05) is 17.7 Å². The molecule has 3 rings (SSSR count). The number of tetrazole rings is 1. The van der Waals surface area contributed by atoms with Crippen LogP contribution in [0.15, 0.2) is 42.5 Å². The number of rotatable bonds is 6. The van der Waals surface area contributed by atoms with Gasteiger partial charge in [0.25, 0.3) is 5.69 Å². The van der Waals surface area contributed by atoms with Crippen LogP contribution in [0.3, 0.4) is 0 Å². The lowest BCUT2D eigenvalue weighted by Crippen LogP contribution is -2.21. The molecule has 0 spiro atoms. The number of anilines is 1. The first-order valence-electron chi connectivity index (χ1n) is 8.45. The molecule has 1 amide bonds.